The Morgan fingerprint density at radius 3 is 2.94 bits per heavy atom. The van der Waals surface area contributed by atoms with E-state index in [1.54, 1.807) is 0 Å². The molecule has 1 aliphatic heterocycles. The molecular weight excluding hydrogens is 266 g/mol. The van der Waals surface area contributed by atoms with Crippen LogP contribution >= 0.6 is 15.9 Å². The minimum atomic E-state index is 1.02. The van der Waals surface area contributed by atoms with Crippen LogP contribution in [-0.4, -0.2) is 27.4 Å². The maximum atomic E-state index is 4.43. The van der Waals surface area contributed by atoms with Gasteiger partial charge < -0.3 is 4.40 Å². The van der Waals surface area contributed by atoms with E-state index in [1.165, 1.54) is 31.6 Å². The largest absolute Gasteiger partial charge is 0.303 e. The molecule has 2 aromatic rings. The van der Waals surface area contributed by atoms with Gasteiger partial charge in [-0.1, -0.05) is 15.9 Å². The first-order chi connectivity index (χ1) is 7.83. The SMILES string of the molecule is Brc1ccn2c(CN3CCCC3)cnc2c1. The average molecular weight is 280 g/mol. The fourth-order valence-corrected chi connectivity index (χ4v) is 2.62. The van der Waals surface area contributed by atoms with Crippen molar-refractivity contribution in [3.8, 4) is 0 Å². The highest BCUT2D eigenvalue weighted by molar-refractivity contribution is 9.10. The molecular formula is C12H14BrN3. The number of hydrogen-bond donors (Lipinski definition) is 0. The number of halogens is 1. The van der Waals surface area contributed by atoms with Gasteiger partial charge in [-0.25, -0.2) is 4.98 Å². The maximum Gasteiger partial charge on any atom is 0.138 e. The van der Waals surface area contributed by atoms with E-state index in [0.717, 1.165) is 16.7 Å². The van der Waals surface area contributed by atoms with Crippen molar-refractivity contribution in [2.45, 2.75) is 19.4 Å². The van der Waals surface area contributed by atoms with Crippen LogP contribution in [0.4, 0.5) is 0 Å². The van der Waals surface area contributed by atoms with Crippen molar-refractivity contribution in [1.82, 2.24) is 14.3 Å². The third kappa shape index (κ3) is 1.87. The van der Waals surface area contributed by atoms with Gasteiger partial charge in [0.25, 0.3) is 0 Å². The molecule has 0 saturated carbocycles. The average Bonchev–Trinajstić information content (AvgIpc) is 2.89. The van der Waals surface area contributed by atoms with Crippen LogP contribution in [0.25, 0.3) is 5.65 Å². The summed E-state index contributed by atoms with van der Waals surface area (Å²) >= 11 is 3.47. The van der Waals surface area contributed by atoms with Gasteiger partial charge in [0.15, 0.2) is 0 Å². The predicted molar refractivity (Wildman–Crippen MR) is 67.4 cm³/mol. The molecule has 84 valence electrons. The van der Waals surface area contributed by atoms with Crippen molar-refractivity contribution in [3.05, 3.63) is 34.7 Å². The van der Waals surface area contributed by atoms with Gasteiger partial charge in [-0.15, -0.1) is 0 Å². The maximum absolute atomic E-state index is 4.43. The zero-order valence-corrected chi connectivity index (χ0v) is 10.7. The number of aromatic nitrogens is 2. The number of pyridine rings is 1. The molecule has 1 aliphatic rings. The Kier molecular flexibility index (Phi) is 2.69. The van der Waals surface area contributed by atoms with Crippen LogP contribution in [0.2, 0.25) is 0 Å². The van der Waals surface area contributed by atoms with Crippen LogP contribution in [0, 0.1) is 0 Å². The van der Waals surface area contributed by atoms with Gasteiger partial charge in [0.05, 0.1) is 11.9 Å². The van der Waals surface area contributed by atoms with Gasteiger partial charge in [-0.3, -0.25) is 4.90 Å². The second-order valence-electron chi connectivity index (χ2n) is 4.31. The van der Waals surface area contributed by atoms with Gasteiger partial charge >= 0.3 is 0 Å². The number of fused-ring (bicyclic) bond motifs is 1. The summed E-state index contributed by atoms with van der Waals surface area (Å²) in [5.41, 5.74) is 2.30. The standard InChI is InChI=1S/C12H14BrN3/c13-10-3-6-16-11(8-14-12(16)7-10)9-15-4-1-2-5-15/h3,6-8H,1-2,4-5,9H2. The van der Waals surface area contributed by atoms with Gasteiger partial charge in [0.1, 0.15) is 5.65 Å². The van der Waals surface area contributed by atoms with Crippen molar-refractivity contribution < 1.29 is 0 Å². The van der Waals surface area contributed by atoms with Crippen molar-refractivity contribution in [2.24, 2.45) is 0 Å². The van der Waals surface area contributed by atoms with Crippen LogP contribution in [0.5, 0.6) is 0 Å². The molecule has 0 N–H and O–H groups in total. The zero-order chi connectivity index (χ0) is 11.0. The Morgan fingerprint density at radius 1 is 1.31 bits per heavy atom. The summed E-state index contributed by atoms with van der Waals surface area (Å²) in [7, 11) is 0. The molecule has 0 aromatic carbocycles. The molecule has 0 radical (unpaired) electrons. The van der Waals surface area contributed by atoms with Gasteiger partial charge in [-0.05, 0) is 38.1 Å². The number of hydrogen-bond acceptors (Lipinski definition) is 2. The lowest BCUT2D eigenvalue weighted by Crippen LogP contribution is -2.19. The summed E-state index contributed by atoms with van der Waals surface area (Å²) < 4.78 is 3.25. The van der Waals surface area contributed by atoms with E-state index in [9.17, 15) is 0 Å². The monoisotopic (exact) mass is 279 g/mol. The molecule has 3 nitrogen and oxygen atoms in total. The van der Waals surface area contributed by atoms with Crippen LogP contribution in [0.3, 0.4) is 0 Å². The molecule has 0 aliphatic carbocycles. The molecule has 0 unspecified atom stereocenters. The van der Waals surface area contributed by atoms with Crippen molar-refractivity contribution in [1.29, 1.82) is 0 Å². The number of nitrogens with zero attached hydrogens (tertiary/aromatic N) is 3. The molecule has 16 heavy (non-hydrogen) atoms. The quantitative estimate of drug-likeness (QED) is 0.843. The van der Waals surface area contributed by atoms with Gasteiger partial charge in [0.2, 0.25) is 0 Å². The van der Waals surface area contributed by atoms with E-state index < -0.39 is 0 Å². The summed E-state index contributed by atoms with van der Waals surface area (Å²) in [5.74, 6) is 0. The van der Waals surface area contributed by atoms with E-state index >= 15 is 0 Å². The van der Waals surface area contributed by atoms with Crippen molar-refractivity contribution >= 4 is 21.6 Å². The molecule has 0 atom stereocenters. The fourth-order valence-electron chi connectivity index (χ4n) is 2.30. The van der Waals surface area contributed by atoms with Gasteiger partial charge in [-0.2, -0.15) is 0 Å². The number of rotatable bonds is 2. The highest BCUT2D eigenvalue weighted by Gasteiger charge is 2.13. The van der Waals surface area contributed by atoms with Crippen LogP contribution in [-0.2, 0) is 6.54 Å². The first-order valence-corrected chi connectivity index (χ1v) is 6.46. The molecule has 3 rings (SSSR count). The third-order valence-corrected chi connectivity index (χ3v) is 3.63. The fraction of sp³-hybridized carbons (Fsp3) is 0.417. The highest BCUT2D eigenvalue weighted by atomic mass is 79.9. The smallest absolute Gasteiger partial charge is 0.138 e. The molecule has 4 heteroatoms. The molecule has 0 bridgehead atoms. The number of likely N-dealkylation sites (tertiary alicyclic amines) is 1. The van der Waals surface area contributed by atoms with E-state index in [0.29, 0.717) is 0 Å². The Balaban J connectivity index is 1.91. The van der Waals surface area contributed by atoms with E-state index in [-0.39, 0.29) is 0 Å². The second-order valence-corrected chi connectivity index (χ2v) is 5.22. The van der Waals surface area contributed by atoms with Crippen LogP contribution in [0.15, 0.2) is 29.0 Å². The summed E-state index contributed by atoms with van der Waals surface area (Å²) in [6.07, 6.45) is 6.74. The molecule has 0 spiro atoms. The highest BCUT2D eigenvalue weighted by Crippen LogP contribution is 2.17. The normalized spacial score (nSPS) is 17.3. The lowest BCUT2D eigenvalue weighted by molar-refractivity contribution is 0.326. The Labute approximate surface area is 103 Å². The van der Waals surface area contributed by atoms with Crippen LogP contribution < -0.4 is 0 Å². The van der Waals surface area contributed by atoms with Crippen LogP contribution in [0.1, 0.15) is 18.5 Å². The van der Waals surface area contributed by atoms with E-state index in [4.69, 9.17) is 0 Å². The summed E-state index contributed by atoms with van der Waals surface area (Å²) in [6, 6.07) is 4.11. The Morgan fingerprint density at radius 2 is 2.12 bits per heavy atom. The molecule has 1 fully saturated rings. The van der Waals surface area contributed by atoms with E-state index in [2.05, 4.69) is 42.5 Å². The molecule has 1 saturated heterocycles. The van der Waals surface area contributed by atoms with Crippen molar-refractivity contribution in [2.75, 3.05) is 13.1 Å². The number of imidazole rings is 1. The topological polar surface area (TPSA) is 20.5 Å². The van der Waals surface area contributed by atoms with E-state index in [1.807, 2.05) is 12.3 Å². The molecule has 3 heterocycles. The predicted octanol–water partition coefficient (Wildman–Crippen LogP) is 2.69. The minimum Gasteiger partial charge on any atom is -0.303 e. The lowest BCUT2D eigenvalue weighted by Gasteiger charge is -2.13. The lowest BCUT2D eigenvalue weighted by atomic mass is 10.4. The van der Waals surface area contributed by atoms with Crippen molar-refractivity contribution in [3.63, 3.8) is 0 Å². The third-order valence-electron chi connectivity index (χ3n) is 3.14. The molecule has 0 amide bonds. The first-order valence-electron chi connectivity index (χ1n) is 5.67. The summed E-state index contributed by atoms with van der Waals surface area (Å²) in [4.78, 5) is 6.92. The summed E-state index contributed by atoms with van der Waals surface area (Å²) in [5, 5.41) is 0. The summed E-state index contributed by atoms with van der Waals surface area (Å²) in [6.45, 7) is 3.47. The minimum absolute atomic E-state index is 1.02. The molecule has 2 aromatic heterocycles. The Hall–Kier alpha value is -0.870. The van der Waals surface area contributed by atoms with Gasteiger partial charge in [0, 0.05) is 17.2 Å². The Bertz CT molecular complexity index is 500. The second kappa shape index (κ2) is 4.18. The zero-order valence-electron chi connectivity index (χ0n) is 9.06. The first kappa shape index (κ1) is 10.3.